The molecule has 4 unspecified atom stereocenters. The van der Waals surface area contributed by atoms with Gasteiger partial charge in [-0.15, -0.1) is 0 Å². The maximum atomic E-state index is 18.0. The summed E-state index contributed by atoms with van der Waals surface area (Å²) in [7, 11) is 0. The fourth-order valence-corrected chi connectivity index (χ4v) is 13.4. The summed E-state index contributed by atoms with van der Waals surface area (Å²) in [6, 6.07) is -0.689. The zero-order valence-corrected chi connectivity index (χ0v) is 40.9. The monoisotopic (exact) mass is 953 g/mol. The van der Waals surface area contributed by atoms with Gasteiger partial charge in [0.1, 0.15) is 18.0 Å². The number of aliphatic hydroxyl groups is 5. The Morgan fingerprint density at radius 1 is 0.970 bits per heavy atom. The highest BCUT2D eigenvalue weighted by molar-refractivity contribution is 5.94. The van der Waals surface area contributed by atoms with E-state index >= 15 is 8.78 Å². The molecule has 0 aromatic carbocycles. The van der Waals surface area contributed by atoms with Crippen molar-refractivity contribution in [1.29, 1.82) is 0 Å². The summed E-state index contributed by atoms with van der Waals surface area (Å²) in [5.74, 6) is -6.83. The number of nitrogens with one attached hydrogen (secondary N) is 1. The van der Waals surface area contributed by atoms with Gasteiger partial charge in [0.25, 0.3) is 5.91 Å². The fourth-order valence-electron chi connectivity index (χ4n) is 13.4. The van der Waals surface area contributed by atoms with Crippen LogP contribution in [-0.2, 0) is 38.1 Å². The largest absolute Gasteiger partial charge is 0.459 e. The number of esters is 1. The average molecular weight is 953 g/mol. The Hall–Kier alpha value is -2.45. The number of ketones is 1. The topological polar surface area (TPSA) is 214 Å². The van der Waals surface area contributed by atoms with Crippen LogP contribution in [0.2, 0.25) is 0 Å². The third kappa shape index (κ3) is 9.11. The molecule has 15 nitrogen and oxygen atoms in total. The molecule has 3 aliphatic heterocycles. The molecule has 17 heteroatoms. The van der Waals surface area contributed by atoms with Gasteiger partial charge in [-0.05, 0) is 123 Å². The molecule has 3 heterocycles. The van der Waals surface area contributed by atoms with Crippen molar-refractivity contribution in [3.05, 3.63) is 23.6 Å². The van der Waals surface area contributed by atoms with Gasteiger partial charge >= 0.3 is 5.97 Å². The number of allylic oxidation sites excluding steroid dienone is 4. The number of hydrogen-bond donors (Lipinski definition) is 6. The molecule has 5 fully saturated rings. The van der Waals surface area contributed by atoms with E-state index in [4.69, 9.17) is 23.7 Å². The molecule has 1 amide bonds. The van der Waals surface area contributed by atoms with Gasteiger partial charge in [-0.1, -0.05) is 26.8 Å². The van der Waals surface area contributed by atoms with Crippen molar-refractivity contribution in [1.82, 2.24) is 10.2 Å². The number of cyclic esters (lactones) is 1. The zero-order chi connectivity index (χ0) is 49.2. The lowest BCUT2D eigenvalue weighted by Crippen LogP contribution is -2.70. The Balaban J connectivity index is 1.09. The number of hydrogen-bond acceptors (Lipinski definition) is 14. The van der Waals surface area contributed by atoms with Crippen molar-refractivity contribution in [3.63, 3.8) is 0 Å². The Morgan fingerprint density at radius 2 is 1.69 bits per heavy atom. The summed E-state index contributed by atoms with van der Waals surface area (Å²) >= 11 is 0. The van der Waals surface area contributed by atoms with Crippen LogP contribution in [-0.4, -0.2) is 152 Å². The molecule has 2 saturated carbocycles. The van der Waals surface area contributed by atoms with E-state index in [9.17, 15) is 39.9 Å². The molecule has 7 aliphatic rings. The van der Waals surface area contributed by atoms with Gasteiger partial charge in [0.05, 0.1) is 48.6 Å². The van der Waals surface area contributed by atoms with Crippen molar-refractivity contribution < 1.29 is 72.4 Å². The standard InChI is InChI=1S/C50H78F2N2O13/c1-10-36-42(60)41(59)29(5)54(20-12-15-35(56)43(65-39-16-11-14-26(2)63-39)27(3)40(58)28(4)44(61)64-36)21-13-19-53-45(62)50-38(66-46(6,7)67-50)24-31-32-23-34(51)33-22-30(55)17-18-47(33,8)49(32,52)37(57)25-48(31,50)9/h17-18,26-29,31-32,35-43,56-60H,10-16,19-25H2,1-9H3,(H,53,62)/t26-,27+,28-,29-,31?,32?,35-,36-,37+,38-,39+,40?,41-,42-,43?,47+,48+,49+,50+/m1/s1. The quantitative estimate of drug-likeness (QED) is 0.146. The number of halogens is 2. The van der Waals surface area contributed by atoms with Crippen molar-refractivity contribution in [3.8, 4) is 0 Å². The maximum absolute atomic E-state index is 18.0. The molecule has 0 bridgehead atoms. The van der Waals surface area contributed by atoms with Gasteiger partial charge in [0.2, 0.25) is 0 Å². The summed E-state index contributed by atoms with van der Waals surface area (Å²) < 4.78 is 65.3. The minimum Gasteiger partial charge on any atom is -0.459 e. The molecule has 7 rings (SSSR count). The highest BCUT2D eigenvalue weighted by Crippen LogP contribution is 2.72. The van der Waals surface area contributed by atoms with Crippen LogP contribution in [0.5, 0.6) is 0 Å². The predicted molar refractivity (Wildman–Crippen MR) is 240 cm³/mol. The van der Waals surface area contributed by atoms with Crippen molar-refractivity contribution in [2.24, 2.45) is 34.5 Å². The second kappa shape index (κ2) is 19.6. The van der Waals surface area contributed by atoms with Crippen molar-refractivity contribution in [2.75, 3.05) is 19.6 Å². The first-order valence-electron chi connectivity index (χ1n) is 25.0. The Labute approximate surface area is 394 Å². The van der Waals surface area contributed by atoms with E-state index in [1.807, 2.05) is 11.8 Å². The van der Waals surface area contributed by atoms with E-state index in [0.717, 1.165) is 12.8 Å². The van der Waals surface area contributed by atoms with Crippen LogP contribution in [0.25, 0.3) is 0 Å². The zero-order valence-electron chi connectivity index (χ0n) is 40.9. The lowest BCUT2D eigenvalue weighted by molar-refractivity contribution is -0.244. The highest BCUT2D eigenvalue weighted by atomic mass is 19.1. The van der Waals surface area contributed by atoms with Crippen molar-refractivity contribution in [2.45, 2.75) is 217 Å². The maximum Gasteiger partial charge on any atom is 0.311 e. The molecule has 0 aromatic rings. The Kier molecular flexibility index (Phi) is 15.3. The van der Waals surface area contributed by atoms with Gasteiger partial charge in [0.15, 0.2) is 29.1 Å². The molecule has 3 saturated heterocycles. The van der Waals surface area contributed by atoms with Gasteiger partial charge in [0, 0.05) is 54.6 Å². The first kappa shape index (κ1) is 52.4. The third-order valence-corrected chi connectivity index (χ3v) is 17.4. The summed E-state index contributed by atoms with van der Waals surface area (Å²) in [6.45, 7) is 16.2. The molecule has 0 spiro atoms. The number of alkyl halides is 1. The predicted octanol–water partition coefficient (Wildman–Crippen LogP) is 4.48. The first-order chi connectivity index (χ1) is 31.4. The molecule has 67 heavy (non-hydrogen) atoms. The van der Waals surface area contributed by atoms with Gasteiger partial charge < -0.3 is 54.5 Å². The molecular weight excluding hydrogens is 875 g/mol. The second-order valence-corrected chi connectivity index (χ2v) is 22.0. The summed E-state index contributed by atoms with van der Waals surface area (Å²) in [5.41, 5.74) is -6.72. The molecule has 4 aliphatic carbocycles. The summed E-state index contributed by atoms with van der Waals surface area (Å²) in [6.07, 6.45) is -4.68. The van der Waals surface area contributed by atoms with Crippen LogP contribution in [0, 0.1) is 34.5 Å². The smallest absolute Gasteiger partial charge is 0.311 e. The van der Waals surface area contributed by atoms with E-state index in [-0.39, 0.29) is 62.5 Å². The van der Waals surface area contributed by atoms with E-state index < -0.39 is 130 Å². The number of amides is 1. The first-order valence-corrected chi connectivity index (χ1v) is 25.0. The number of carbonyl (C=O) groups excluding carboxylic acids is 3. The molecule has 0 radical (unpaired) electrons. The molecule has 6 N–H and O–H groups in total. The minimum absolute atomic E-state index is 0.0423. The average Bonchev–Trinajstić information content (AvgIpc) is 3.69. The van der Waals surface area contributed by atoms with Crippen LogP contribution >= 0.6 is 0 Å². The van der Waals surface area contributed by atoms with Crippen LogP contribution < -0.4 is 5.32 Å². The Morgan fingerprint density at radius 3 is 2.37 bits per heavy atom. The van der Waals surface area contributed by atoms with Gasteiger partial charge in [-0.3, -0.25) is 19.3 Å². The van der Waals surface area contributed by atoms with Crippen LogP contribution in [0.1, 0.15) is 133 Å². The number of ether oxygens (including phenoxy) is 5. The number of fused-ring (bicyclic) bond motifs is 7. The minimum atomic E-state index is -2.33. The van der Waals surface area contributed by atoms with Gasteiger partial charge in [-0.2, -0.15) is 0 Å². The second-order valence-electron chi connectivity index (χ2n) is 22.0. The SMILES string of the molecule is CC[C@H]1OC(=O)[C@H](C)C(O)[C@H](C)C(O[C@H]2CCC[C@@H](C)O2)[C@H](O)CCCN(CCCNC(=O)[C@@]23OC(C)(C)O[C@@H]2CC2C4CC(F)=C5CC(=O)C=C[C@]5(C)[C@@]4(F)[C@@H](O)C[C@@]23C)[C@H](C)[C@@H](O)[C@@H]1O. The van der Waals surface area contributed by atoms with E-state index in [0.29, 0.717) is 32.4 Å². The lowest BCUT2D eigenvalue weighted by Gasteiger charge is -2.62. The number of carbonyl (C=O) groups is 3. The normalized spacial score (nSPS) is 47.5. The number of aliphatic hydroxyl groups excluding tert-OH is 5. The molecule has 0 aromatic heterocycles. The molecule has 380 valence electrons. The van der Waals surface area contributed by atoms with Crippen LogP contribution in [0.15, 0.2) is 23.6 Å². The summed E-state index contributed by atoms with van der Waals surface area (Å²) in [5, 5.41) is 61.3. The van der Waals surface area contributed by atoms with Gasteiger partial charge in [-0.25, -0.2) is 8.78 Å². The Bertz CT molecular complexity index is 1900. The molecular formula is C50H78F2N2O13. The van der Waals surface area contributed by atoms with Crippen LogP contribution in [0.3, 0.4) is 0 Å². The fraction of sp³-hybridized carbons (Fsp3) is 0.860. The van der Waals surface area contributed by atoms with E-state index in [2.05, 4.69) is 5.32 Å². The lowest BCUT2D eigenvalue weighted by atomic mass is 9.45. The number of rotatable bonds is 8. The highest BCUT2D eigenvalue weighted by Gasteiger charge is 2.80. The van der Waals surface area contributed by atoms with E-state index in [1.54, 1.807) is 48.5 Å². The molecule has 19 atom stereocenters. The van der Waals surface area contributed by atoms with Crippen molar-refractivity contribution >= 4 is 17.7 Å². The summed E-state index contributed by atoms with van der Waals surface area (Å²) in [4.78, 5) is 42.7. The number of nitrogens with zero attached hydrogens (tertiary/aromatic N) is 1. The third-order valence-electron chi connectivity index (χ3n) is 17.4. The van der Waals surface area contributed by atoms with Crippen LogP contribution in [0.4, 0.5) is 8.78 Å². The van der Waals surface area contributed by atoms with E-state index in [1.165, 1.54) is 19.1 Å².